The zero-order valence-corrected chi connectivity index (χ0v) is 12.0. The first-order valence-electron chi connectivity index (χ1n) is 5.87. The number of guanidine groups is 1. The standard InChI is InChI=1S/C12H19BrN4O/c1-2-18-9-3-8-15-12(17-14)16-11-6-4-10(13)5-7-11/h4-7H,2-3,8-9,14H2,1H3,(H2,15,16,17). The molecule has 0 saturated heterocycles. The number of hydrogen-bond acceptors (Lipinski definition) is 3. The highest BCUT2D eigenvalue weighted by Gasteiger charge is 1.97. The lowest BCUT2D eigenvalue weighted by Gasteiger charge is -2.09. The van der Waals surface area contributed by atoms with Crippen molar-refractivity contribution >= 4 is 27.6 Å². The Morgan fingerprint density at radius 2 is 2.11 bits per heavy atom. The normalized spacial score (nSPS) is 11.4. The van der Waals surface area contributed by atoms with Crippen LogP contribution >= 0.6 is 15.9 Å². The summed E-state index contributed by atoms with van der Waals surface area (Å²) in [5.41, 5.74) is 3.47. The second-order valence-corrected chi connectivity index (χ2v) is 4.47. The quantitative estimate of drug-likeness (QED) is 0.247. The molecule has 0 atom stereocenters. The van der Waals surface area contributed by atoms with Crippen molar-refractivity contribution in [1.29, 1.82) is 0 Å². The molecule has 0 amide bonds. The Morgan fingerprint density at radius 1 is 1.39 bits per heavy atom. The molecule has 0 unspecified atom stereocenters. The third kappa shape index (κ3) is 6.00. The molecular weight excluding hydrogens is 296 g/mol. The monoisotopic (exact) mass is 314 g/mol. The Morgan fingerprint density at radius 3 is 2.72 bits per heavy atom. The Hall–Kier alpha value is -1.11. The summed E-state index contributed by atoms with van der Waals surface area (Å²) >= 11 is 3.38. The van der Waals surface area contributed by atoms with Crippen molar-refractivity contribution in [3.8, 4) is 0 Å². The van der Waals surface area contributed by atoms with Crippen molar-refractivity contribution in [1.82, 2.24) is 5.43 Å². The van der Waals surface area contributed by atoms with Crippen LogP contribution in [-0.4, -0.2) is 25.7 Å². The summed E-state index contributed by atoms with van der Waals surface area (Å²) in [7, 11) is 0. The van der Waals surface area contributed by atoms with Crippen LogP contribution in [0.3, 0.4) is 0 Å². The predicted molar refractivity (Wildman–Crippen MR) is 78.5 cm³/mol. The van der Waals surface area contributed by atoms with E-state index in [1.165, 1.54) is 0 Å². The third-order valence-electron chi connectivity index (χ3n) is 2.16. The van der Waals surface area contributed by atoms with E-state index >= 15 is 0 Å². The van der Waals surface area contributed by atoms with Crippen LogP contribution in [0.25, 0.3) is 0 Å². The second kappa shape index (κ2) is 8.91. The third-order valence-corrected chi connectivity index (χ3v) is 2.69. The topological polar surface area (TPSA) is 71.7 Å². The van der Waals surface area contributed by atoms with Crippen molar-refractivity contribution in [2.75, 3.05) is 25.1 Å². The van der Waals surface area contributed by atoms with E-state index in [4.69, 9.17) is 10.6 Å². The van der Waals surface area contributed by atoms with Crippen LogP contribution in [0.15, 0.2) is 33.7 Å². The molecule has 100 valence electrons. The Kier molecular flexibility index (Phi) is 7.40. The number of nitrogens with one attached hydrogen (secondary N) is 2. The van der Waals surface area contributed by atoms with E-state index < -0.39 is 0 Å². The van der Waals surface area contributed by atoms with Gasteiger partial charge in [-0.05, 0) is 37.6 Å². The van der Waals surface area contributed by atoms with Gasteiger partial charge >= 0.3 is 0 Å². The highest BCUT2D eigenvalue weighted by molar-refractivity contribution is 9.10. The summed E-state index contributed by atoms with van der Waals surface area (Å²) in [4.78, 5) is 4.31. The van der Waals surface area contributed by atoms with E-state index in [2.05, 4.69) is 31.7 Å². The predicted octanol–water partition coefficient (Wildman–Crippen LogP) is 2.11. The van der Waals surface area contributed by atoms with Crippen molar-refractivity contribution in [2.45, 2.75) is 13.3 Å². The Labute approximate surface area is 116 Å². The molecule has 0 aliphatic heterocycles. The molecule has 0 aliphatic carbocycles. The zero-order chi connectivity index (χ0) is 13.2. The molecule has 4 N–H and O–H groups in total. The molecule has 0 fully saturated rings. The van der Waals surface area contributed by atoms with Crippen molar-refractivity contribution in [2.24, 2.45) is 10.8 Å². The van der Waals surface area contributed by atoms with E-state index in [0.717, 1.165) is 29.8 Å². The zero-order valence-electron chi connectivity index (χ0n) is 10.4. The molecule has 0 aliphatic rings. The minimum Gasteiger partial charge on any atom is -0.382 e. The van der Waals surface area contributed by atoms with Crippen molar-refractivity contribution < 1.29 is 4.74 Å². The van der Waals surface area contributed by atoms with Crippen LogP contribution in [0.1, 0.15) is 13.3 Å². The van der Waals surface area contributed by atoms with Gasteiger partial charge in [0.25, 0.3) is 0 Å². The van der Waals surface area contributed by atoms with E-state index in [1.807, 2.05) is 31.2 Å². The van der Waals surface area contributed by atoms with Gasteiger partial charge in [-0.1, -0.05) is 15.9 Å². The van der Waals surface area contributed by atoms with Gasteiger partial charge in [-0.25, -0.2) is 5.84 Å². The lowest BCUT2D eigenvalue weighted by molar-refractivity contribution is 0.146. The SMILES string of the molecule is CCOCCCN=C(NN)Nc1ccc(Br)cc1. The van der Waals surface area contributed by atoms with Crippen LogP contribution in [0.5, 0.6) is 0 Å². The summed E-state index contributed by atoms with van der Waals surface area (Å²) in [5, 5.41) is 3.10. The van der Waals surface area contributed by atoms with Crippen molar-refractivity contribution in [3.63, 3.8) is 0 Å². The number of ether oxygens (including phenoxy) is 1. The lowest BCUT2D eigenvalue weighted by Crippen LogP contribution is -2.36. The maximum Gasteiger partial charge on any atom is 0.210 e. The molecule has 1 rings (SSSR count). The van der Waals surface area contributed by atoms with Gasteiger partial charge in [0.05, 0.1) is 0 Å². The van der Waals surface area contributed by atoms with E-state index in [-0.39, 0.29) is 0 Å². The molecule has 0 bridgehead atoms. The number of hydrazine groups is 1. The fraction of sp³-hybridized carbons (Fsp3) is 0.417. The number of nitrogens with zero attached hydrogens (tertiary/aromatic N) is 1. The maximum absolute atomic E-state index is 5.41. The fourth-order valence-corrected chi connectivity index (χ4v) is 1.56. The molecule has 0 radical (unpaired) electrons. The van der Waals surface area contributed by atoms with Crippen LogP contribution in [0, 0.1) is 0 Å². The molecule has 1 aromatic rings. The summed E-state index contributed by atoms with van der Waals surface area (Å²) in [5.74, 6) is 5.96. The minimum atomic E-state index is 0.550. The first kappa shape index (κ1) is 14.9. The van der Waals surface area contributed by atoms with E-state index in [1.54, 1.807) is 0 Å². The van der Waals surface area contributed by atoms with Gasteiger partial charge < -0.3 is 10.1 Å². The average molecular weight is 315 g/mol. The summed E-state index contributed by atoms with van der Waals surface area (Å²) < 4.78 is 6.27. The fourth-order valence-electron chi connectivity index (χ4n) is 1.29. The lowest BCUT2D eigenvalue weighted by atomic mass is 10.3. The molecule has 1 aromatic carbocycles. The number of hydrogen-bond donors (Lipinski definition) is 3. The molecule has 0 aromatic heterocycles. The van der Waals surface area contributed by atoms with Gasteiger partial charge in [-0.2, -0.15) is 0 Å². The summed E-state index contributed by atoms with van der Waals surface area (Å²) in [6, 6.07) is 7.78. The molecule has 0 spiro atoms. The first-order chi connectivity index (χ1) is 8.76. The average Bonchev–Trinajstić information content (AvgIpc) is 2.39. The van der Waals surface area contributed by atoms with Gasteiger partial charge in [0.1, 0.15) is 0 Å². The van der Waals surface area contributed by atoms with Crippen LogP contribution in [0.4, 0.5) is 5.69 Å². The smallest absolute Gasteiger partial charge is 0.210 e. The van der Waals surface area contributed by atoms with Gasteiger partial charge in [0.2, 0.25) is 5.96 Å². The largest absolute Gasteiger partial charge is 0.382 e. The number of halogens is 1. The molecular formula is C12H19BrN4O. The maximum atomic E-state index is 5.41. The van der Waals surface area contributed by atoms with Crippen molar-refractivity contribution in [3.05, 3.63) is 28.7 Å². The Balaban J connectivity index is 2.40. The molecule has 18 heavy (non-hydrogen) atoms. The molecule has 0 saturated carbocycles. The first-order valence-corrected chi connectivity index (χ1v) is 6.67. The highest BCUT2D eigenvalue weighted by Crippen LogP contribution is 2.13. The molecule has 6 heteroatoms. The number of anilines is 1. The van der Waals surface area contributed by atoms with Crippen LogP contribution < -0.4 is 16.6 Å². The van der Waals surface area contributed by atoms with Gasteiger partial charge in [-0.3, -0.25) is 10.4 Å². The number of rotatable bonds is 6. The minimum absolute atomic E-state index is 0.550. The molecule has 5 nitrogen and oxygen atoms in total. The number of aliphatic imine (C=N–C) groups is 1. The van der Waals surface area contributed by atoms with Crippen LogP contribution in [0.2, 0.25) is 0 Å². The summed E-state index contributed by atoms with van der Waals surface area (Å²) in [6.45, 7) is 4.10. The number of nitrogens with two attached hydrogens (primary N) is 1. The van der Waals surface area contributed by atoms with Gasteiger partial charge in [0.15, 0.2) is 0 Å². The van der Waals surface area contributed by atoms with Gasteiger partial charge in [-0.15, -0.1) is 0 Å². The summed E-state index contributed by atoms with van der Waals surface area (Å²) in [6.07, 6.45) is 0.876. The van der Waals surface area contributed by atoms with E-state index in [9.17, 15) is 0 Å². The Bertz CT molecular complexity index is 367. The van der Waals surface area contributed by atoms with Gasteiger partial charge in [0, 0.05) is 29.9 Å². The molecule has 0 heterocycles. The highest BCUT2D eigenvalue weighted by atomic mass is 79.9. The van der Waals surface area contributed by atoms with Crippen LogP contribution in [-0.2, 0) is 4.74 Å². The number of benzene rings is 1. The second-order valence-electron chi connectivity index (χ2n) is 3.56. The van der Waals surface area contributed by atoms with E-state index in [0.29, 0.717) is 12.5 Å².